The highest BCUT2D eigenvalue weighted by molar-refractivity contribution is 7.98. The van der Waals surface area contributed by atoms with Gasteiger partial charge in [-0.2, -0.15) is 11.8 Å². The third-order valence-electron chi connectivity index (χ3n) is 2.38. The van der Waals surface area contributed by atoms with Crippen LogP contribution in [-0.4, -0.2) is 35.7 Å². The van der Waals surface area contributed by atoms with Gasteiger partial charge in [0.1, 0.15) is 0 Å². The number of carbonyl (C=O) groups is 1. The molecule has 0 rings (SSSR count). The van der Waals surface area contributed by atoms with E-state index in [9.17, 15) is 4.79 Å². The van der Waals surface area contributed by atoms with Crippen molar-refractivity contribution in [2.45, 2.75) is 26.8 Å². The maximum atomic E-state index is 10.7. The number of carboxylic acids is 1. The highest BCUT2D eigenvalue weighted by Gasteiger charge is 2.18. The van der Waals surface area contributed by atoms with E-state index in [1.54, 1.807) is 6.92 Å². The van der Waals surface area contributed by atoms with Gasteiger partial charge in [0.2, 0.25) is 0 Å². The molecule has 0 aliphatic heterocycles. The number of rotatable bonds is 7. The predicted molar refractivity (Wildman–Crippen MR) is 61.8 cm³/mol. The zero-order chi connectivity index (χ0) is 11.1. The van der Waals surface area contributed by atoms with Crippen LogP contribution >= 0.6 is 11.8 Å². The van der Waals surface area contributed by atoms with Crippen molar-refractivity contribution in [1.29, 1.82) is 0 Å². The van der Waals surface area contributed by atoms with Gasteiger partial charge >= 0.3 is 5.97 Å². The average Bonchev–Trinajstić information content (AvgIpc) is 2.13. The molecule has 0 amide bonds. The zero-order valence-corrected chi connectivity index (χ0v) is 10.2. The molecule has 3 atom stereocenters. The summed E-state index contributed by atoms with van der Waals surface area (Å²) in [5.74, 6) is 0.647. The van der Waals surface area contributed by atoms with E-state index in [1.165, 1.54) is 0 Å². The van der Waals surface area contributed by atoms with Gasteiger partial charge in [-0.3, -0.25) is 4.79 Å². The molecule has 84 valence electrons. The van der Waals surface area contributed by atoms with Crippen LogP contribution < -0.4 is 5.32 Å². The molecule has 14 heavy (non-hydrogen) atoms. The highest BCUT2D eigenvalue weighted by Crippen LogP contribution is 2.06. The van der Waals surface area contributed by atoms with E-state index < -0.39 is 5.97 Å². The van der Waals surface area contributed by atoms with Crippen molar-refractivity contribution in [3.8, 4) is 0 Å². The van der Waals surface area contributed by atoms with Gasteiger partial charge in [-0.1, -0.05) is 13.8 Å². The maximum Gasteiger partial charge on any atom is 0.307 e. The third kappa shape index (κ3) is 5.50. The van der Waals surface area contributed by atoms with Crippen LogP contribution in [0.25, 0.3) is 0 Å². The lowest BCUT2D eigenvalue weighted by Crippen LogP contribution is -2.38. The van der Waals surface area contributed by atoms with Gasteiger partial charge < -0.3 is 10.4 Å². The Kier molecular flexibility index (Phi) is 7.01. The summed E-state index contributed by atoms with van der Waals surface area (Å²) >= 11 is 1.82. The Labute approximate surface area is 90.7 Å². The zero-order valence-electron chi connectivity index (χ0n) is 9.41. The molecule has 3 nitrogen and oxygen atoms in total. The lowest BCUT2D eigenvalue weighted by Gasteiger charge is -2.20. The Balaban J connectivity index is 3.72. The standard InChI is InChI=1S/C10H21NO2S/c1-7(6-14-4)5-11-9(3)8(2)10(12)13/h7-9,11H,5-6H2,1-4H3,(H,12,13). The van der Waals surface area contributed by atoms with E-state index in [0.717, 1.165) is 12.3 Å². The van der Waals surface area contributed by atoms with Crippen LogP contribution in [0.2, 0.25) is 0 Å². The quantitative estimate of drug-likeness (QED) is 0.684. The Morgan fingerprint density at radius 1 is 1.43 bits per heavy atom. The fraction of sp³-hybridized carbons (Fsp3) is 0.900. The summed E-state index contributed by atoms with van der Waals surface area (Å²) in [6, 6.07) is 0.0387. The van der Waals surface area contributed by atoms with Crippen molar-refractivity contribution in [2.75, 3.05) is 18.6 Å². The summed E-state index contributed by atoms with van der Waals surface area (Å²) in [7, 11) is 0. The minimum absolute atomic E-state index is 0.0387. The van der Waals surface area contributed by atoms with Crippen molar-refractivity contribution < 1.29 is 9.90 Å². The number of nitrogens with one attached hydrogen (secondary N) is 1. The molecular weight excluding hydrogens is 198 g/mol. The molecule has 0 aromatic carbocycles. The maximum absolute atomic E-state index is 10.7. The summed E-state index contributed by atoms with van der Waals surface area (Å²) < 4.78 is 0. The summed E-state index contributed by atoms with van der Waals surface area (Å²) in [4.78, 5) is 10.7. The number of hydrogen-bond acceptors (Lipinski definition) is 3. The van der Waals surface area contributed by atoms with Gasteiger partial charge in [-0.25, -0.2) is 0 Å². The summed E-state index contributed by atoms with van der Waals surface area (Å²) in [6.45, 7) is 6.71. The third-order valence-corrected chi connectivity index (χ3v) is 3.28. The van der Waals surface area contributed by atoms with Crippen LogP contribution in [0.5, 0.6) is 0 Å². The SMILES string of the molecule is CSCC(C)CNC(C)C(C)C(=O)O. The number of thioether (sulfide) groups is 1. The van der Waals surface area contributed by atoms with Gasteiger partial charge in [0, 0.05) is 6.04 Å². The minimum atomic E-state index is -0.734. The molecule has 0 heterocycles. The average molecular weight is 219 g/mol. The van der Waals surface area contributed by atoms with Crippen LogP contribution in [-0.2, 0) is 4.79 Å². The molecule has 0 radical (unpaired) electrons. The summed E-state index contributed by atoms with van der Waals surface area (Å²) in [5, 5.41) is 12.0. The van der Waals surface area contributed by atoms with Crippen LogP contribution in [0.1, 0.15) is 20.8 Å². The molecule has 4 heteroatoms. The molecule has 3 unspecified atom stereocenters. The molecule has 2 N–H and O–H groups in total. The molecular formula is C10H21NO2S. The van der Waals surface area contributed by atoms with Crippen molar-refractivity contribution in [3.63, 3.8) is 0 Å². The Bertz CT molecular complexity index is 176. The first-order valence-corrected chi connectivity index (χ1v) is 6.33. The number of aliphatic carboxylic acids is 1. The van der Waals surface area contributed by atoms with Gasteiger partial charge in [0.05, 0.1) is 5.92 Å². The Hall–Kier alpha value is -0.220. The van der Waals surface area contributed by atoms with Gasteiger partial charge in [-0.05, 0) is 31.4 Å². The first-order chi connectivity index (χ1) is 6.49. The first kappa shape index (κ1) is 13.8. The lowest BCUT2D eigenvalue weighted by molar-refractivity contribution is -0.141. The van der Waals surface area contributed by atoms with Crippen LogP contribution in [0, 0.1) is 11.8 Å². The van der Waals surface area contributed by atoms with Gasteiger partial charge in [0.15, 0.2) is 0 Å². The molecule has 0 fully saturated rings. The molecule has 0 spiro atoms. The van der Waals surface area contributed by atoms with Crippen molar-refractivity contribution in [2.24, 2.45) is 11.8 Å². The van der Waals surface area contributed by atoms with E-state index >= 15 is 0 Å². The van der Waals surface area contributed by atoms with Crippen molar-refractivity contribution in [3.05, 3.63) is 0 Å². The molecule has 0 aromatic heterocycles. The lowest BCUT2D eigenvalue weighted by atomic mass is 10.0. The summed E-state index contributed by atoms with van der Waals surface area (Å²) in [6.07, 6.45) is 2.08. The van der Waals surface area contributed by atoms with Gasteiger partial charge in [-0.15, -0.1) is 0 Å². The smallest absolute Gasteiger partial charge is 0.307 e. The summed E-state index contributed by atoms with van der Waals surface area (Å²) in [5.41, 5.74) is 0. The minimum Gasteiger partial charge on any atom is -0.481 e. The van der Waals surface area contributed by atoms with E-state index in [1.807, 2.05) is 18.7 Å². The van der Waals surface area contributed by atoms with Crippen LogP contribution in [0.3, 0.4) is 0 Å². The first-order valence-electron chi connectivity index (χ1n) is 4.94. The highest BCUT2D eigenvalue weighted by atomic mass is 32.2. The van der Waals surface area contributed by atoms with Gasteiger partial charge in [0.25, 0.3) is 0 Å². The topological polar surface area (TPSA) is 49.3 Å². The number of hydrogen-bond donors (Lipinski definition) is 2. The van der Waals surface area contributed by atoms with Crippen LogP contribution in [0.4, 0.5) is 0 Å². The Morgan fingerprint density at radius 3 is 2.43 bits per heavy atom. The molecule has 0 aliphatic carbocycles. The largest absolute Gasteiger partial charge is 0.481 e. The normalized spacial score (nSPS) is 17.4. The second-order valence-electron chi connectivity index (χ2n) is 3.88. The van der Waals surface area contributed by atoms with Crippen LogP contribution in [0.15, 0.2) is 0 Å². The molecule has 0 saturated carbocycles. The van der Waals surface area contributed by atoms with E-state index in [2.05, 4.69) is 18.5 Å². The fourth-order valence-corrected chi connectivity index (χ4v) is 1.81. The second-order valence-corrected chi connectivity index (χ2v) is 4.80. The fourth-order valence-electron chi connectivity index (χ4n) is 1.12. The number of carboxylic acid groups (broad SMARTS) is 1. The van der Waals surface area contributed by atoms with Crippen molar-refractivity contribution >= 4 is 17.7 Å². The predicted octanol–water partition coefficient (Wildman–Crippen LogP) is 1.68. The second kappa shape index (κ2) is 7.12. The molecule has 0 aromatic rings. The van der Waals surface area contributed by atoms with E-state index in [4.69, 9.17) is 5.11 Å². The van der Waals surface area contributed by atoms with E-state index in [0.29, 0.717) is 5.92 Å². The Morgan fingerprint density at radius 2 is 2.00 bits per heavy atom. The monoisotopic (exact) mass is 219 g/mol. The van der Waals surface area contributed by atoms with E-state index in [-0.39, 0.29) is 12.0 Å². The molecule has 0 saturated heterocycles. The molecule has 0 aliphatic rings. The van der Waals surface area contributed by atoms with Crippen molar-refractivity contribution in [1.82, 2.24) is 5.32 Å². The molecule has 0 bridgehead atoms.